The fourth-order valence-electron chi connectivity index (χ4n) is 2.79. The van der Waals surface area contributed by atoms with Crippen LogP contribution in [0, 0.1) is 11.3 Å². The maximum atomic E-state index is 12.2. The summed E-state index contributed by atoms with van der Waals surface area (Å²) in [5, 5.41) is 22.2. The topological polar surface area (TPSA) is 162 Å². The van der Waals surface area contributed by atoms with Crippen molar-refractivity contribution in [1.82, 2.24) is 0 Å². The number of ketones is 1. The number of hydrogen-bond acceptors (Lipinski definition) is 8. The molecule has 0 bridgehead atoms. The molecule has 162 valence electrons. The standard InChI is InChI=1S/C22H18N4O6/c1-13(27)20(14(2)28)15-3-5-16(6-4-15)21(29)31-9-10-32-22(30)19-8-7-18(25-26-24)11-17(19)12-23/h3-8,11,27H,9-10H2,1-2H3. The molecule has 0 radical (unpaired) electrons. The highest BCUT2D eigenvalue weighted by molar-refractivity contribution is 6.20. The number of benzene rings is 2. The van der Waals surface area contributed by atoms with E-state index in [4.69, 9.17) is 20.3 Å². The number of carbonyl (C=O) groups is 3. The van der Waals surface area contributed by atoms with Crippen LogP contribution in [0.5, 0.6) is 0 Å². The Morgan fingerprint density at radius 2 is 1.62 bits per heavy atom. The zero-order chi connectivity index (χ0) is 23.7. The molecule has 10 heteroatoms. The van der Waals surface area contributed by atoms with Crippen LogP contribution in [0.3, 0.4) is 0 Å². The SMILES string of the molecule is CC(=O)C(=C(C)O)c1ccc(C(=O)OCCOC(=O)c2ccc(N=[N+]=[N-])cc2C#N)cc1. The molecule has 0 aromatic heterocycles. The lowest BCUT2D eigenvalue weighted by Crippen LogP contribution is -2.15. The third kappa shape index (κ3) is 5.95. The van der Waals surface area contributed by atoms with E-state index in [0.29, 0.717) is 5.56 Å². The van der Waals surface area contributed by atoms with Gasteiger partial charge in [0.1, 0.15) is 25.0 Å². The number of rotatable bonds is 8. The van der Waals surface area contributed by atoms with Gasteiger partial charge >= 0.3 is 11.9 Å². The summed E-state index contributed by atoms with van der Waals surface area (Å²) >= 11 is 0. The highest BCUT2D eigenvalue weighted by Gasteiger charge is 2.15. The second-order valence-corrected chi connectivity index (χ2v) is 6.40. The van der Waals surface area contributed by atoms with Crippen molar-refractivity contribution in [2.75, 3.05) is 13.2 Å². The minimum Gasteiger partial charge on any atom is -0.512 e. The van der Waals surface area contributed by atoms with E-state index in [1.807, 2.05) is 6.07 Å². The van der Waals surface area contributed by atoms with Crippen LogP contribution in [0.15, 0.2) is 53.3 Å². The number of allylic oxidation sites excluding steroid dienone is 2. The van der Waals surface area contributed by atoms with Gasteiger partial charge in [-0.05, 0) is 49.2 Å². The Hall–Kier alpha value is -4.61. The average Bonchev–Trinajstić information content (AvgIpc) is 2.76. The molecule has 32 heavy (non-hydrogen) atoms. The van der Waals surface area contributed by atoms with Gasteiger partial charge in [0.2, 0.25) is 0 Å². The van der Waals surface area contributed by atoms with Crippen molar-refractivity contribution in [2.24, 2.45) is 5.11 Å². The summed E-state index contributed by atoms with van der Waals surface area (Å²) in [6.45, 7) is 2.26. The molecule has 0 saturated carbocycles. The first-order valence-corrected chi connectivity index (χ1v) is 9.23. The van der Waals surface area contributed by atoms with Gasteiger partial charge in [0, 0.05) is 10.6 Å². The van der Waals surface area contributed by atoms with Crippen LogP contribution in [0.4, 0.5) is 5.69 Å². The third-order valence-electron chi connectivity index (χ3n) is 4.18. The van der Waals surface area contributed by atoms with E-state index in [1.165, 1.54) is 56.3 Å². The van der Waals surface area contributed by atoms with Crippen molar-refractivity contribution in [3.8, 4) is 6.07 Å². The summed E-state index contributed by atoms with van der Waals surface area (Å²) in [5.74, 6) is -1.90. The summed E-state index contributed by atoms with van der Waals surface area (Å²) in [6, 6.07) is 11.7. The molecule has 2 rings (SSSR count). The smallest absolute Gasteiger partial charge is 0.339 e. The lowest BCUT2D eigenvalue weighted by Gasteiger charge is -2.09. The first kappa shape index (κ1) is 23.7. The Morgan fingerprint density at radius 3 is 2.16 bits per heavy atom. The van der Waals surface area contributed by atoms with Gasteiger partial charge in [-0.3, -0.25) is 4.79 Å². The highest BCUT2D eigenvalue weighted by Crippen LogP contribution is 2.20. The minimum absolute atomic E-state index is 0.0141. The molecule has 2 aromatic rings. The summed E-state index contributed by atoms with van der Waals surface area (Å²) in [6.07, 6.45) is 0. The van der Waals surface area contributed by atoms with Gasteiger partial charge in [0.25, 0.3) is 0 Å². The Kier molecular flexibility index (Phi) is 8.11. The van der Waals surface area contributed by atoms with E-state index in [9.17, 15) is 19.5 Å². The summed E-state index contributed by atoms with van der Waals surface area (Å²) in [5.41, 5.74) is 9.40. The Labute approximate surface area is 182 Å². The van der Waals surface area contributed by atoms with Gasteiger partial charge in [-0.15, -0.1) is 0 Å². The van der Waals surface area contributed by atoms with E-state index in [1.54, 1.807) is 0 Å². The van der Waals surface area contributed by atoms with Crippen LogP contribution in [0.1, 0.15) is 45.7 Å². The second-order valence-electron chi connectivity index (χ2n) is 6.40. The van der Waals surface area contributed by atoms with Crippen LogP contribution in [-0.2, 0) is 14.3 Å². The maximum absolute atomic E-state index is 12.2. The summed E-state index contributed by atoms with van der Waals surface area (Å²) in [4.78, 5) is 38.5. The van der Waals surface area contributed by atoms with Gasteiger partial charge in [0.15, 0.2) is 5.78 Å². The van der Waals surface area contributed by atoms with Crippen LogP contribution in [0.2, 0.25) is 0 Å². The van der Waals surface area contributed by atoms with Crippen LogP contribution >= 0.6 is 0 Å². The molecule has 0 amide bonds. The molecule has 0 atom stereocenters. The van der Waals surface area contributed by atoms with E-state index in [2.05, 4.69) is 10.0 Å². The van der Waals surface area contributed by atoms with Gasteiger partial charge < -0.3 is 14.6 Å². The third-order valence-corrected chi connectivity index (χ3v) is 4.18. The molecule has 10 nitrogen and oxygen atoms in total. The monoisotopic (exact) mass is 434 g/mol. The van der Waals surface area contributed by atoms with Gasteiger partial charge in [0.05, 0.1) is 22.3 Å². The fourth-order valence-corrected chi connectivity index (χ4v) is 2.79. The Balaban J connectivity index is 1.93. The molecule has 0 heterocycles. The number of carbonyl (C=O) groups excluding carboxylic acids is 3. The zero-order valence-corrected chi connectivity index (χ0v) is 17.2. The molecule has 0 fully saturated rings. The molecule has 0 saturated heterocycles. The largest absolute Gasteiger partial charge is 0.512 e. The summed E-state index contributed by atoms with van der Waals surface area (Å²) < 4.78 is 10.1. The van der Waals surface area contributed by atoms with Gasteiger partial charge in [-0.25, -0.2) is 9.59 Å². The molecule has 0 aliphatic rings. The molecule has 1 N–H and O–H groups in total. The normalized spacial score (nSPS) is 10.8. The molecule has 2 aromatic carbocycles. The van der Waals surface area contributed by atoms with Crippen LogP contribution in [-0.4, -0.2) is 36.0 Å². The molecule has 0 aliphatic heterocycles. The molecule has 0 spiro atoms. The number of hydrogen-bond donors (Lipinski definition) is 1. The van der Waals surface area contributed by atoms with E-state index in [-0.39, 0.29) is 52.7 Å². The predicted octanol–water partition coefficient (Wildman–Crippen LogP) is 4.39. The molecular weight excluding hydrogens is 416 g/mol. The second kappa shape index (κ2) is 11.0. The van der Waals surface area contributed by atoms with E-state index in [0.717, 1.165) is 0 Å². The predicted molar refractivity (Wildman–Crippen MR) is 113 cm³/mol. The number of nitrogens with zero attached hydrogens (tertiary/aromatic N) is 4. The van der Waals surface area contributed by atoms with Crippen LogP contribution < -0.4 is 0 Å². The number of nitriles is 1. The van der Waals surface area contributed by atoms with Crippen molar-refractivity contribution >= 4 is 29.0 Å². The quantitative estimate of drug-likeness (QED) is 0.122. The molecule has 0 unspecified atom stereocenters. The van der Waals surface area contributed by atoms with E-state index >= 15 is 0 Å². The number of aliphatic hydroxyl groups excluding tert-OH is 1. The van der Waals surface area contributed by atoms with Gasteiger partial charge in [-0.1, -0.05) is 23.3 Å². The molecular formula is C22H18N4O6. The van der Waals surface area contributed by atoms with E-state index < -0.39 is 11.9 Å². The van der Waals surface area contributed by atoms with Crippen molar-refractivity contribution in [1.29, 1.82) is 5.26 Å². The highest BCUT2D eigenvalue weighted by atomic mass is 16.6. The minimum atomic E-state index is -0.794. The number of ether oxygens (including phenoxy) is 2. The average molecular weight is 434 g/mol. The first-order chi connectivity index (χ1) is 15.3. The lowest BCUT2D eigenvalue weighted by atomic mass is 10.00. The number of aliphatic hydroxyl groups is 1. The van der Waals surface area contributed by atoms with Crippen molar-refractivity contribution in [3.63, 3.8) is 0 Å². The fraction of sp³-hybridized carbons (Fsp3) is 0.182. The molecule has 0 aliphatic carbocycles. The van der Waals surface area contributed by atoms with Crippen molar-refractivity contribution in [2.45, 2.75) is 13.8 Å². The Morgan fingerprint density at radius 1 is 1.03 bits per heavy atom. The van der Waals surface area contributed by atoms with Gasteiger partial charge in [-0.2, -0.15) is 5.26 Å². The zero-order valence-electron chi connectivity index (χ0n) is 17.2. The Bertz CT molecular complexity index is 1170. The number of Topliss-reactive ketones (excluding diaryl/α,β-unsaturated/α-hetero) is 1. The maximum Gasteiger partial charge on any atom is 0.339 e. The summed E-state index contributed by atoms with van der Waals surface area (Å²) in [7, 11) is 0. The van der Waals surface area contributed by atoms with Crippen molar-refractivity contribution < 1.29 is 29.0 Å². The number of azide groups is 1. The van der Waals surface area contributed by atoms with Crippen LogP contribution in [0.25, 0.3) is 16.0 Å². The van der Waals surface area contributed by atoms with Crippen molar-refractivity contribution in [3.05, 3.63) is 80.9 Å². The first-order valence-electron chi connectivity index (χ1n) is 9.23. The lowest BCUT2D eigenvalue weighted by molar-refractivity contribution is -0.111. The number of esters is 2.